The standard InChI is InChI=1S/C17H15FN4O/c18-13-2-1-11-7-15(21-16(11)8-13)12-9-19-17(20-10-12)22-5-3-14(23)4-6-22/h1-2,7-10,21H,3-6H2. The van der Waals surface area contributed by atoms with Gasteiger partial charge in [-0.15, -0.1) is 0 Å². The number of ketones is 1. The summed E-state index contributed by atoms with van der Waals surface area (Å²) in [6, 6.07) is 6.60. The van der Waals surface area contributed by atoms with Gasteiger partial charge in [0.15, 0.2) is 0 Å². The molecule has 1 saturated heterocycles. The molecule has 3 aromatic rings. The third-order valence-corrected chi connectivity index (χ3v) is 4.14. The molecule has 0 saturated carbocycles. The lowest BCUT2D eigenvalue weighted by Gasteiger charge is -2.25. The Morgan fingerprint density at radius 2 is 1.83 bits per heavy atom. The quantitative estimate of drug-likeness (QED) is 0.790. The fraction of sp³-hybridized carbons (Fsp3) is 0.235. The van der Waals surface area contributed by atoms with Crippen molar-refractivity contribution < 1.29 is 9.18 Å². The van der Waals surface area contributed by atoms with Crippen LogP contribution in [0.4, 0.5) is 10.3 Å². The molecule has 0 unspecified atom stereocenters. The fourth-order valence-electron chi connectivity index (χ4n) is 2.83. The van der Waals surface area contributed by atoms with Crippen LogP contribution in [0.25, 0.3) is 22.2 Å². The predicted octanol–water partition coefficient (Wildman–Crippen LogP) is 2.93. The maximum Gasteiger partial charge on any atom is 0.225 e. The minimum atomic E-state index is -0.267. The summed E-state index contributed by atoms with van der Waals surface area (Å²) < 4.78 is 13.3. The lowest BCUT2D eigenvalue weighted by atomic mass is 10.1. The van der Waals surface area contributed by atoms with Gasteiger partial charge in [0.1, 0.15) is 11.6 Å². The summed E-state index contributed by atoms with van der Waals surface area (Å²) >= 11 is 0. The van der Waals surface area contributed by atoms with E-state index in [1.54, 1.807) is 18.5 Å². The Morgan fingerprint density at radius 3 is 2.57 bits per heavy atom. The third-order valence-electron chi connectivity index (χ3n) is 4.14. The molecular weight excluding hydrogens is 295 g/mol. The maximum absolute atomic E-state index is 13.3. The van der Waals surface area contributed by atoms with Crippen molar-refractivity contribution in [2.24, 2.45) is 0 Å². The molecule has 1 fully saturated rings. The molecule has 0 bridgehead atoms. The largest absolute Gasteiger partial charge is 0.354 e. The number of fused-ring (bicyclic) bond motifs is 1. The molecule has 1 N–H and O–H groups in total. The zero-order chi connectivity index (χ0) is 15.8. The summed E-state index contributed by atoms with van der Waals surface area (Å²) in [4.78, 5) is 25.3. The second kappa shape index (κ2) is 5.46. The molecular formula is C17H15FN4O. The number of aromatic nitrogens is 3. The van der Waals surface area contributed by atoms with Gasteiger partial charge in [-0.05, 0) is 24.3 Å². The van der Waals surface area contributed by atoms with Crippen LogP contribution < -0.4 is 4.90 Å². The smallest absolute Gasteiger partial charge is 0.225 e. The highest BCUT2D eigenvalue weighted by Gasteiger charge is 2.18. The Labute approximate surface area is 132 Å². The number of aromatic amines is 1. The van der Waals surface area contributed by atoms with Crippen LogP contribution in [0.5, 0.6) is 0 Å². The third kappa shape index (κ3) is 2.67. The summed E-state index contributed by atoms with van der Waals surface area (Å²) in [5.74, 6) is 0.670. The Kier molecular flexibility index (Phi) is 3.29. The van der Waals surface area contributed by atoms with Crippen LogP contribution in [-0.2, 0) is 4.79 Å². The number of H-pyrrole nitrogens is 1. The number of halogens is 1. The Bertz CT molecular complexity index is 862. The van der Waals surface area contributed by atoms with Gasteiger partial charge in [0.05, 0.1) is 0 Å². The number of piperidine rings is 1. The average molecular weight is 310 g/mol. The number of carbonyl (C=O) groups is 1. The molecule has 0 amide bonds. The number of benzene rings is 1. The van der Waals surface area contributed by atoms with E-state index >= 15 is 0 Å². The van der Waals surface area contributed by atoms with Crippen LogP contribution in [0.1, 0.15) is 12.8 Å². The number of nitrogens with zero attached hydrogens (tertiary/aromatic N) is 3. The van der Waals surface area contributed by atoms with E-state index in [1.807, 2.05) is 11.0 Å². The lowest BCUT2D eigenvalue weighted by Crippen LogP contribution is -2.34. The minimum Gasteiger partial charge on any atom is -0.354 e. The first-order valence-electron chi connectivity index (χ1n) is 7.56. The van der Waals surface area contributed by atoms with Crippen molar-refractivity contribution in [1.82, 2.24) is 15.0 Å². The van der Waals surface area contributed by atoms with Crippen molar-refractivity contribution in [3.05, 3.63) is 42.5 Å². The Hall–Kier alpha value is -2.76. The summed E-state index contributed by atoms with van der Waals surface area (Å²) in [7, 11) is 0. The van der Waals surface area contributed by atoms with E-state index in [2.05, 4.69) is 15.0 Å². The molecule has 23 heavy (non-hydrogen) atoms. The molecule has 0 radical (unpaired) electrons. The fourth-order valence-corrected chi connectivity index (χ4v) is 2.83. The van der Waals surface area contributed by atoms with E-state index in [4.69, 9.17) is 0 Å². The monoisotopic (exact) mass is 310 g/mol. The molecule has 1 aliphatic heterocycles. The van der Waals surface area contributed by atoms with E-state index in [1.165, 1.54) is 12.1 Å². The Morgan fingerprint density at radius 1 is 1.09 bits per heavy atom. The number of carbonyl (C=O) groups excluding carboxylic acids is 1. The molecule has 0 atom stereocenters. The van der Waals surface area contributed by atoms with Crippen LogP contribution in [0.3, 0.4) is 0 Å². The van der Waals surface area contributed by atoms with E-state index in [9.17, 15) is 9.18 Å². The minimum absolute atomic E-state index is 0.267. The molecule has 1 aliphatic rings. The highest BCUT2D eigenvalue weighted by atomic mass is 19.1. The highest BCUT2D eigenvalue weighted by molar-refractivity contribution is 5.85. The number of hydrogen-bond acceptors (Lipinski definition) is 4. The van der Waals surface area contributed by atoms with Crippen LogP contribution in [-0.4, -0.2) is 33.8 Å². The van der Waals surface area contributed by atoms with Crippen LogP contribution >= 0.6 is 0 Å². The molecule has 0 aliphatic carbocycles. The second-order valence-electron chi connectivity index (χ2n) is 5.71. The van der Waals surface area contributed by atoms with Gasteiger partial charge < -0.3 is 9.88 Å². The number of rotatable bonds is 2. The zero-order valence-corrected chi connectivity index (χ0v) is 12.4. The molecule has 2 aromatic heterocycles. The molecule has 5 nitrogen and oxygen atoms in total. The molecule has 116 valence electrons. The first-order valence-corrected chi connectivity index (χ1v) is 7.56. The van der Waals surface area contributed by atoms with Gasteiger partial charge in [-0.3, -0.25) is 4.79 Å². The lowest BCUT2D eigenvalue weighted by molar-refractivity contribution is -0.119. The molecule has 1 aromatic carbocycles. The van der Waals surface area contributed by atoms with E-state index < -0.39 is 0 Å². The number of Topliss-reactive ketones (excluding diaryl/α,β-unsaturated/α-hetero) is 1. The first-order chi connectivity index (χ1) is 11.2. The van der Waals surface area contributed by atoms with Crippen molar-refractivity contribution in [1.29, 1.82) is 0 Å². The normalized spacial score (nSPS) is 15.3. The van der Waals surface area contributed by atoms with Crippen molar-refractivity contribution in [3.8, 4) is 11.3 Å². The number of hydrogen-bond donors (Lipinski definition) is 1. The zero-order valence-electron chi connectivity index (χ0n) is 12.4. The van der Waals surface area contributed by atoms with Crippen LogP contribution in [0.2, 0.25) is 0 Å². The summed E-state index contributed by atoms with van der Waals surface area (Å²) in [5.41, 5.74) is 2.45. The molecule has 0 spiro atoms. The number of anilines is 1. The average Bonchev–Trinajstić information content (AvgIpc) is 2.99. The van der Waals surface area contributed by atoms with Gasteiger partial charge in [-0.25, -0.2) is 14.4 Å². The summed E-state index contributed by atoms with van der Waals surface area (Å²) in [6.07, 6.45) is 4.61. The van der Waals surface area contributed by atoms with Crippen molar-refractivity contribution in [2.75, 3.05) is 18.0 Å². The van der Waals surface area contributed by atoms with Gasteiger partial charge in [-0.2, -0.15) is 0 Å². The van der Waals surface area contributed by atoms with Gasteiger partial charge in [0, 0.05) is 60.5 Å². The Balaban J connectivity index is 1.60. The van der Waals surface area contributed by atoms with Gasteiger partial charge in [0.25, 0.3) is 0 Å². The topological polar surface area (TPSA) is 61.9 Å². The SMILES string of the molecule is O=C1CCN(c2ncc(-c3cc4ccc(F)cc4[nH]3)cn2)CC1. The molecule has 4 rings (SSSR count). The first kappa shape index (κ1) is 13.9. The predicted molar refractivity (Wildman–Crippen MR) is 85.7 cm³/mol. The van der Waals surface area contributed by atoms with E-state index in [-0.39, 0.29) is 5.82 Å². The van der Waals surface area contributed by atoms with Gasteiger partial charge >= 0.3 is 0 Å². The van der Waals surface area contributed by atoms with E-state index in [0.717, 1.165) is 22.2 Å². The van der Waals surface area contributed by atoms with Gasteiger partial charge in [-0.1, -0.05) is 0 Å². The van der Waals surface area contributed by atoms with Crippen LogP contribution in [0, 0.1) is 5.82 Å². The molecule has 6 heteroatoms. The maximum atomic E-state index is 13.3. The van der Waals surface area contributed by atoms with E-state index in [0.29, 0.717) is 37.7 Å². The van der Waals surface area contributed by atoms with Gasteiger partial charge in [0.2, 0.25) is 5.95 Å². The van der Waals surface area contributed by atoms with Crippen molar-refractivity contribution in [3.63, 3.8) is 0 Å². The van der Waals surface area contributed by atoms with Crippen LogP contribution in [0.15, 0.2) is 36.7 Å². The second-order valence-corrected chi connectivity index (χ2v) is 5.71. The van der Waals surface area contributed by atoms with Crippen molar-refractivity contribution in [2.45, 2.75) is 12.8 Å². The highest BCUT2D eigenvalue weighted by Crippen LogP contribution is 2.24. The summed E-state index contributed by atoms with van der Waals surface area (Å²) in [5, 5.41) is 0.944. The number of nitrogens with one attached hydrogen (secondary N) is 1. The summed E-state index contributed by atoms with van der Waals surface area (Å²) in [6.45, 7) is 1.34. The molecule has 3 heterocycles. The van der Waals surface area contributed by atoms with Crippen molar-refractivity contribution >= 4 is 22.6 Å².